The number of nitrogens with two attached hydrogens (primary N) is 1. The highest BCUT2D eigenvalue weighted by Crippen LogP contribution is 2.28. The summed E-state index contributed by atoms with van der Waals surface area (Å²) in [5.74, 6) is 0.0898. The number of nitrogens with one attached hydrogen (secondary N) is 2. The Hall–Kier alpha value is -1.61. The van der Waals surface area contributed by atoms with Crippen molar-refractivity contribution in [2.45, 2.75) is 37.6 Å². The van der Waals surface area contributed by atoms with Crippen molar-refractivity contribution in [2.75, 3.05) is 18.8 Å². The van der Waals surface area contributed by atoms with Gasteiger partial charge in [-0.25, -0.2) is 13.1 Å². The molecule has 1 amide bonds. The van der Waals surface area contributed by atoms with E-state index in [4.69, 9.17) is 5.73 Å². The third-order valence-corrected chi connectivity index (χ3v) is 4.64. The Labute approximate surface area is 124 Å². The molecule has 0 saturated heterocycles. The molecule has 2 rings (SSSR count). The molecule has 8 nitrogen and oxygen atoms in total. The van der Waals surface area contributed by atoms with Gasteiger partial charge in [-0.1, -0.05) is 6.92 Å². The Balaban J connectivity index is 1.87. The number of rotatable bonds is 8. The van der Waals surface area contributed by atoms with Crippen LogP contribution in [-0.2, 0) is 21.4 Å². The van der Waals surface area contributed by atoms with E-state index in [0.717, 1.165) is 19.3 Å². The lowest BCUT2D eigenvalue weighted by Gasteiger charge is -2.06. The van der Waals surface area contributed by atoms with Crippen LogP contribution in [0.3, 0.4) is 0 Å². The molecule has 0 aliphatic heterocycles. The standard InChI is InChI=1S/C12H21N5O3S/c1-2-7-17-8-10(11(13)16-17)21(19,20)15-6-5-14-12(18)9-3-4-9/h8-9,15H,2-7H2,1H3,(H2,13,16)(H,14,18). The van der Waals surface area contributed by atoms with Crippen LogP contribution in [0.5, 0.6) is 0 Å². The molecule has 118 valence electrons. The maximum atomic E-state index is 12.1. The van der Waals surface area contributed by atoms with Crippen LogP contribution in [0, 0.1) is 5.92 Å². The van der Waals surface area contributed by atoms with Gasteiger partial charge >= 0.3 is 0 Å². The van der Waals surface area contributed by atoms with Crippen molar-refractivity contribution >= 4 is 21.7 Å². The molecule has 0 radical (unpaired) electrons. The summed E-state index contributed by atoms with van der Waals surface area (Å²) in [6.07, 6.45) is 4.10. The molecule has 1 aromatic rings. The molecule has 1 aliphatic carbocycles. The summed E-state index contributed by atoms with van der Waals surface area (Å²) in [6.45, 7) is 2.96. The number of anilines is 1. The van der Waals surface area contributed by atoms with Gasteiger partial charge in [0.05, 0.1) is 0 Å². The van der Waals surface area contributed by atoms with Crippen LogP contribution < -0.4 is 15.8 Å². The highest BCUT2D eigenvalue weighted by atomic mass is 32.2. The van der Waals surface area contributed by atoms with Crippen molar-refractivity contribution in [3.8, 4) is 0 Å². The lowest BCUT2D eigenvalue weighted by molar-refractivity contribution is -0.122. The number of amides is 1. The number of sulfonamides is 1. The first-order chi connectivity index (χ1) is 9.94. The molecule has 0 spiro atoms. The SMILES string of the molecule is CCCn1cc(S(=O)(=O)NCCNC(=O)C2CC2)c(N)n1. The van der Waals surface area contributed by atoms with Crippen LogP contribution in [0.25, 0.3) is 0 Å². The summed E-state index contributed by atoms with van der Waals surface area (Å²) in [4.78, 5) is 11.4. The van der Waals surface area contributed by atoms with Gasteiger partial charge in [0.1, 0.15) is 4.90 Å². The van der Waals surface area contributed by atoms with Crippen LogP contribution >= 0.6 is 0 Å². The molecular formula is C12H21N5O3S. The van der Waals surface area contributed by atoms with E-state index in [-0.39, 0.29) is 35.6 Å². The summed E-state index contributed by atoms with van der Waals surface area (Å²) in [7, 11) is -3.70. The number of carbonyl (C=O) groups is 1. The average molecular weight is 315 g/mol. The van der Waals surface area contributed by atoms with Crippen molar-refractivity contribution < 1.29 is 13.2 Å². The van der Waals surface area contributed by atoms with Gasteiger partial charge in [0.25, 0.3) is 0 Å². The maximum Gasteiger partial charge on any atom is 0.245 e. The summed E-state index contributed by atoms with van der Waals surface area (Å²) < 4.78 is 28.1. The lowest BCUT2D eigenvalue weighted by atomic mass is 10.4. The van der Waals surface area contributed by atoms with Gasteiger partial charge in [0.15, 0.2) is 5.82 Å². The molecule has 21 heavy (non-hydrogen) atoms. The lowest BCUT2D eigenvalue weighted by Crippen LogP contribution is -2.35. The molecule has 0 atom stereocenters. The number of hydrogen-bond donors (Lipinski definition) is 3. The van der Waals surface area contributed by atoms with Gasteiger partial charge in [-0.15, -0.1) is 0 Å². The van der Waals surface area contributed by atoms with E-state index in [1.807, 2.05) is 6.92 Å². The maximum absolute atomic E-state index is 12.1. The second kappa shape index (κ2) is 6.44. The fourth-order valence-corrected chi connectivity index (χ4v) is 3.01. The molecule has 1 heterocycles. The molecule has 1 aromatic heterocycles. The zero-order valence-corrected chi connectivity index (χ0v) is 12.8. The Kier molecular flexibility index (Phi) is 4.84. The highest BCUT2D eigenvalue weighted by molar-refractivity contribution is 7.89. The minimum atomic E-state index is -3.70. The number of nitrogens with zero attached hydrogens (tertiary/aromatic N) is 2. The smallest absolute Gasteiger partial charge is 0.245 e. The van der Waals surface area contributed by atoms with Crippen LogP contribution in [0.15, 0.2) is 11.1 Å². The molecule has 1 saturated carbocycles. The average Bonchev–Trinajstić information content (AvgIpc) is 3.19. The molecule has 0 bridgehead atoms. The topological polar surface area (TPSA) is 119 Å². The van der Waals surface area contributed by atoms with E-state index in [1.165, 1.54) is 10.9 Å². The largest absolute Gasteiger partial charge is 0.381 e. The first-order valence-electron chi connectivity index (χ1n) is 7.04. The van der Waals surface area contributed by atoms with E-state index < -0.39 is 10.0 Å². The molecule has 0 unspecified atom stereocenters. The van der Waals surface area contributed by atoms with Crippen molar-refractivity contribution in [3.63, 3.8) is 0 Å². The molecule has 9 heteroatoms. The van der Waals surface area contributed by atoms with E-state index in [1.54, 1.807) is 0 Å². The van der Waals surface area contributed by atoms with Crippen LogP contribution in [0.4, 0.5) is 5.82 Å². The van der Waals surface area contributed by atoms with Crippen molar-refractivity contribution in [2.24, 2.45) is 5.92 Å². The van der Waals surface area contributed by atoms with Gasteiger partial charge in [-0.05, 0) is 19.3 Å². The first-order valence-corrected chi connectivity index (χ1v) is 8.52. The third kappa shape index (κ3) is 4.18. The van der Waals surface area contributed by atoms with Crippen LogP contribution in [-0.4, -0.2) is 37.2 Å². The van der Waals surface area contributed by atoms with E-state index >= 15 is 0 Å². The monoisotopic (exact) mass is 315 g/mol. The number of aryl methyl sites for hydroxylation is 1. The first kappa shape index (κ1) is 15.8. The Morgan fingerprint density at radius 1 is 1.48 bits per heavy atom. The van der Waals surface area contributed by atoms with Gasteiger partial charge in [-0.3, -0.25) is 9.48 Å². The summed E-state index contributed by atoms with van der Waals surface area (Å²) in [6, 6.07) is 0. The number of hydrogen-bond acceptors (Lipinski definition) is 5. The van der Waals surface area contributed by atoms with Crippen LogP contribution in [0.2, 0.25) is 0 Å². The predicted octanol–water partition coefficient (Wildman–Crippen LogP) is -0.320. The molecule has 0 aromatic carbocycles. The normalized spacial score (nSPS) is 15.1. The number of carbonyl (C=O) groups excluding carboxylic acids is 1. The summed E-state index contributed by atoms with van der Waals surface area (Å²) in [5, 5.41) is 6.65. The van der Waals surface area contributed by atoms with E-state index in [2.05, 4.69) is 15.1 Å². The van der Waals surface area contributed by atoms with Gasteiger partial charge in [0.2, 0.25) is 15.9 Å². The molecule has 1 aliphatic rings. The summed E-state index contributed by atoms with van der Waals surface area (Å²) in [5.41, 5.74) is 5.64. The second-order valence-corrected chi connectivity index (χ2v) is 6.84. The fraction of sp³-hybridized carbons (Fsp3) is 0.667. The van der Waals surface area contributed by atoms with E-state index in [9.17, 15) is 13.2 Å². The molecule has 4 N–H and O–H groups in total. The zero-order chi connectivity index (χ0) is 15.5. The third-order valence-electron chi connectivity index (χ3n) is 3.16. The van der Waals surface area contributed by atoms with Crippen molar-refractivity contribution in [1.29, 1.82) is 0 Å². The second-order valence-electron chi connectivity index (χ2n) is 5.10. The molecule has 1 fully saturated rings. The Bertz CT molecular complexity index is 606. The minimum Gasteiger partial charge on any atom is -0.381 e. The predicted molar refractivity (Wildman–Crippen MR) is 77.9 cm³/mol. The minimum absolute atomic E-state index is 0.00974. The Morgan fingerprint density at radius 2 is 2.19 bits per heavy atom. The van der Waals surface area contributed by atoms with Gasteiger partial charge < -0.3 is 11.1 Å². The zero-order valence-electron chi connectivity index (χ0n) is 12.0. The Morgan fingerprint density at radius 3 is 2.81 bits per heavy atom. The van der Waals surface area contributed by atoms with Crippen LogP contribution in [0.1, 0.15) is 26.2 Å². The summed E-state index contributed by atoms with van der Waals surface area (Å²) >= 11 is 0. The highest BCUT2D eigenvalue weighted by Gasteiger charge is 2.29. The van der Waals surface area contributed by atoms with Gasteiger partial charge in [0, 0.05) is 31.7 Å². The van der Waals surface area contributed by atoms with Crippen molar-refractivity contribution in [1.82, 2.24) is 19.8 Å². The number of aromatic nitrogens is 2. The van der Waals surface area contributed by atoms with Gasteiger partial charge in [-0.2, -0.15) is 5.10 Å². The van der Waals surface area contributed by atoms with E-state index in [0.29, 0.717) is 6.54 Å². The molecular weight excluding hydrogens is 294 g/mol. The quantitative estimate of drug-likeness (QED) is 0.568. The fourth-order valence-electron chi connectivity index (χ4n) is 1.91. The van der Waals surface area contributed by atoms with Crippen molar-refractivity contribution in [3.05, 3.63) is 6.20 Å². The number of nitrogen functional groups attached to an aromatic ring is 1.